The van der Waals surface area contributed by atoms with E-state index in [9.17, 15) is 0 Å². The number of hydrogen-bond acceptors (Lipinski definition) is 5. The van der Waals surface area contributed by atoms with Crippen molar-refractivity contribution in [2.75, 3.05) is 19.5 Å². The number of ether oxygens (including phenoxy) is 1. The fraction of sp³-hybridized carbons (Fsp3) is 0.312. The van der Waals surface area contributed by atoms with Gasteiger partial charge in [0.1, 0.15) is 17.4 Å². The first-order chi connectivity index (χ1) is 10.2. The average Bonchev–Trinajstić information content (AvgIpc) is 3.38. The molecule has 3 rings (SSSR count). The Labute approximate surface area is 123 Å². The number of nitrogens with zero attached hydrogens (tertiary/aromatic N) is 3. The molecule has 1 aliphatic carbocycles. The second kappa shape index (κ2) is 5.41. The summed E-state index contributed by atoms with van der Waals surface area (Å²) in [6, 6.07) is 9.37. The predicted octanol–water partition coefficient (Wildman–Crippen LogP) is 2.94. The number of hydrogen-bond donors (Lipinski definition) is 1. The molecule has 0 bridgehead atoms. The molecule has 2 aromatic rings. The van der Waals surface area contributed by atoms with E-state index in [1.807, 2.05) is 13.1 Å². The van der Waals surface area contributed by atoms with Gasteiger partial charge in [-0.05, 0) is 31.0 Å². The van der Waals surface area contributed by atoms with E-state index in [1.54, 1.807) is 25.3 Å². The second-order valence-corrected chi connectivity index (χ2v) is 5.05. The van der Waals surface area contributed by atoms with Gasteiger partial charge in [0.05, 0.1) is 24.4 Å². The summed E-state index contributed by atoms with van der Waals surface area (Å²) >= 11 is 0. The minimum absolute atomic E-state index is 0.460. The van der Waals surface area contributed by atoms with Gasteiger partial charge >= 0.3 is 0 Å². The number of nitrogens with one attached hydrogen (secondary N) is 1. The quantitative estimate of drug-likeness (QED) is 0.932. The second-order valence-electron chi connectivity index (χ2n) is 5.05. The van der Waals surface area contributed by atoms with Crippen LogP contribution in [0.25, 0.3) is 11.3 Å². The van der Waals surface area contributed by atoms with Crippen molar-refractivity contribution in [3.05, 3.63) is 35.7 Å². The van der Waals surface area contributed by atoms with E-state index in [4.69, 9.17) is 10.00 Å². The maximum atomic E-state index is 9.09. The molecule has 5 nitrogen and oxygen atoms in total. The van der Waals surface area contributed by atoms with Crippen LogP contribution in [0.15, 0.2) is 24.3 Å². The van der Waals surface area contributed by atoms with Gasteiger partial charge in [0.15, 0.2) is 0 Å². The van der Waals surface area contributed by atoms with E-state index in [0.717, 1.165) is 35.7 Å². The van der Waals surface area contributed by atoms with Crippen molar-refractivity contribution in [1.82, 2.24) is 9.97 Å². The zero-order valence-corrected chi connectivity index (χ0v) is 12.1. The Morgan fingerprint density at radius 2 is 2.10 bits per heavy atom. The summed E-state index contributed by atoms with van der Waals surface area (Å²) in [5, 5.41) is 12.2. The van der Waals surface area contributed by atoms with E-state index in [0.29, 0.717) is 17.2 Å². The molecule has 1 aromatic carbocycles. The number of rotatable bonds is 4. The monoisotopic (exact) mass is 280 g/mol. The van der Waals surface area contributed by atoms with Gasteiger partial charge in [-0.15, -0.1) is 0 Å². The highest BCUT2D eigenvalue weighted by Crippen LogP contribution is 2.40. The fourth-order valence-electron chi connectivity index (χ4n) is 2.23. The Hall–Kier alpha value is -2.61. The molecule has 0 amide bonds. The first kappa shape index (κ1) is 13.4. The molecule has 0 atom stereocenters. The molecule has 0 unspecified atom stereocenters. The van der Waals surface area contributed by atoms with Crippen LogP contribution < -0.4 is 10.1 Å². The molecule has 1 heterocycles. The third kappa shape index (κ3) is 2.65. The number of aromatic nitrogens is 2. The van der Waals surface area contributed by atoms with Crippen molar-refractivity contribution in [3.8, 4) is 23.1 Å². The molecule has 1 N–H and O–H groups in total. The van der Waals surface area contributed by atoms with Crippen LogP contribution in [-0.2, 0) is 0 Å². The first-order valence-electron chi connectivity index (χ1n) is 6.90. The summed E-state index contributed by atoms with van der Waals surface area (Å²) in [6.07, 6.45) is 2.28. The zero-order chi connectivity index (χ0) is 14.8. The standard InChI is InChI=1S/C16H16N4O/c1-18-15-8-13(19-16(20-15)11-4-5-11)12-7-10(9-17)3-6-14(12)21-2/h3,6-8,11H,4-5H2,1-2H3,(H,18,19,20). The highest BCUT2D eigenvalue weighted by molar-refractivity contribution is 5.71. The van der Waals surface area contributed by atoms with Crippen molar-refractivity contribution in [2.45, 2.75) is 18.8 Å². The summed E-state index contributed by atoms with van der Waals surface area (Å²) in [5.41, 5.74) is 2.19. The van der Waals surface area contributed by atoms with Gasteiger partial charge in [0.2, 0.25) is 0 Å². The van der Waals surface area contributed by atoms with Crippen molar-refractivity contribution in [2.24, 2.45) is 0 Å². The fourth-order valence-corrected chi connectivity index (χ4v) is 2.23. The Morgan fingerprint density at radius 1 is 1.29 bits per heavy atom. The van der Waals surface area contributed by atoms with E-state index >= 15 is 0 Å². The zero-order valence-electron chi connectivity index (χ0n) is 12.1. The van der Waals surface area contributed by atoms with Gasteiger partial charge in [0.25, 0.3) is 0 Å². The maximum Gasteiger partial charge on any atom is 0.134 e. The average molecular weight is 280 g/mol. The minimum atomic E-state index is 0.460. The lowest BCUT2D eigenvalue weighted by Gasteiger charge is -2.11. The molecule has 1 saturated carbocycles. The topological polar surface area (TPSA) is 70.8 Å². The molecule has 0 saturated heterocycles. The largest absolute Gasteiger partial charge is 0.496 e. The molecule has 1 aliphatic rings. The van der Waals surface area contributed by atoms with E-state index in [2.05, 4.69) is 21.4 Å². The third-order valence-corrected chi connectivity index (χ3v) is 3.55. The number of nitriles is 1. The molecule has 21 heavy (non-hydrogen) atoms. The summed E-state index contributed by atoms with van der Waals surface area (Å²) in [5.74, 6) is 2.81. The van der Waals surface area contributed by atoms with E-state index in [-0.39, 0.29) is 0 Å². The van der Waals surface area contributed by atoms with Crippen molar-refractivity contribution in [1.29, 1.82) is 5.26 Å². The SMILES string of the molecule is CNc1cc(-c2cc(C#N)ccc2OC)nc(C2CC2)n1. The molecule has 5 heteroatoms. The maximum absolute atomic E-state index is 9.09. The predicted molar refractivity (Wildman–Crippen MR) is 80.3 cm³/mol. The van der Waals surface area contributed by atoms with Gasteiger partial charge in [-0.1, -0.05) is 0 Å². The molecule has 1 aromatic heterocycles. The molecule has 106 valence electrons. The number of anilines is 1. The summed E-state index contributed by atoms with van der Waals surface area (Å²) in [7, 11) is 3.46. The van der Waals surface area contributed by atoms with Gasteiger partial charge in [-0.25, -0.2) is 9.97 Å². The lowest BCUT2D eigenvalue weighted by Crippen LogP contribution is -2.01. The van der Waals surface area contributed by atoms with E-state index in [1.165, 1.54) is 0 Å². The molecule has 0 aliphatic heterocycles. The smallest absolute Gasteiger partial charge is 0.134 e. The molecule has 0 spiro atoms. The molecule has 1 fully saturated rings. The van der Waals surface area contributed by atoms with Crippen LogP contribution in [0, 0.1) is 11.3 Å². The Morgan fingerprint density at radius 3 is 2.71 bits per heavy atom. The van der Waals surface area contributed by atoms with Gasteiger partial charge in [-0.3, -0.25) is 0 Å². The van der Waals surface area contributed by atoms with Crippen LogP contribution in [0.1, 0.15) is 30.1 Å². The number of benzene rings is 1. The van der Waals surface area contributed by atoms with Crippen LogP contribution >= 0.6 is 0 Å². The summed E-state index contributed by atoms with van der Waals surface area (Å²) < 4.78 is 5.40. The van der Waals surface area contributed by atoms with Crippen molar-refractivity contribution < 1.29 is 4.74 Å². The molecular weight excluding hydrogens is 264 g/mol. The van der Waals surface area contributed by atoms with Crippen molar-refractivity contribution in [3.63, 3.8) is 0 Å². The van der Waals surface area contributed by atoms with Gasteiger partial charge in [0, 0.05) is 24.6 Å². The van der Waals surface area contributed by atoms with Crippen LogP contribution in [0.4, 0.5) is 5.82 Å². The molecular formula is C16H16N4O. The Balaban J connectivity index is 2.14. The molecule has 0 radical (unpaired) electrons. The Bertz CT molecular complexity index is 717. The van der Waals surface area contributed by atoms with Crippen LogP contribution in [0.2, 0.25) is 0 Å². The normalized spacial score (nSPS) is 13.6. The first-order valence-corrected chi connectivity index (χ1v) is 6.90. The van der Waals surface area contributed by atoms with Crippen LogP contribution in [-0.4, -0.2) is 24.1 Å². The lowest BCUT2D eigenvalue weighted by atomic mass is 10.1. The summed E-state index contributed by atoms with van der Waals surface area (Å²) in [4.78, 5) is 9.17. The van der Waals surface area contributed by atoms with Gasteiger partial charge < -0.3 is 10.1 Å². The van der Waals surface area contributed by atoms with Crippen LogP contribution in [0.3, 0.4) is 0 Å². The Kier molecular flexibility index (Phi) is 3.44. The third-order valence-electron chi connectivity index (χ3n) is 3.55. The van der Waals surface area contributed by atoms with E-state index < -0.39 is 0 Å². The van der Waals surface area contributed by atoms with Gasteiger partial charge in [-0.2, -0.15) is 5.26 Å². The number of methoxy groups -OCH3 is 1. The lowest BCUT2D eigenvalue weighted by molar-refractivity contribution is 0.416. The highest BCUT2D eigenvalue weighted by atomic mass is 16.5. The van der Waals surface area contributed by atoms with Crippen LogP contribution in [0.5, 0.6) is 5.75 Å². The highest BCUT2D eigenvalue weighted by Gasteiger charge is 2.27. The summed E-state index contributed by atoms with van der Waals surface area (Å²) in [6.45, 7) is 0. The van der Waals surface area contributed by atoms with Crippen molar-refractivity contribution >= 4 is 5.82 Å². The minimum Gasteiger partial charge on any atom is -0.496 e.